The Kier molecular flexibility index (Phi) is 4.84. The summed E-state index contributed by atoms with van der Waals surface area (Å²) in [6, 6.07) is 15.0. The van der Waals surface area contributed by atoms with Gasteiger partial charge in [0.2, 0.25) is 0 Å². The van der Waals surface area contributed by atoms with Gasteiger partial charge >= 0.3 is 0 Å². The Morgan fingerprint density at radius 1 is 1.18 bits per heavy atom. The third-order valence-corrected chi connectivity index (χ3v) is 7.57. The summed E-state index contributed by atoms with van der Waals surface area (Å²) in [6.07, 6.45) is 3.19. The van der Waals surface area contributed by atoms with Crippen LogP contribution in [0, 0.1) is 5.92 Å². The number of likely N-dealkylation sites (tertiary alicyclic amines) is 1. The number of benzene rings is 2. The molecule has 2 fully saturated rings. The lowest BCUT2D eigenvalue weighted by Gasteiger charge is -2.19. The van der Waals surface area contributed by atoms with E-state index in [9.17, 15) is 8.42 Å². The molecule has 2 aromatic rings. The van der Waals surface area contributed by atoms with Crippen LogP contribution in [0.2, 0.25) is 0 Å². The van der Waals surface area contributed by atoms with Crippen LogP contribution in [-0.2, 0) is 15.4 Å². The maximum Gasteiger partial charge on any atom is 0.261 e. The molecule has 28 heavy (non-hydrogen) atoms. The molecular formula is C23H28N2O2S. The van der Waals surface area contributed by atoms with E-state index in [2.05, 4.69) is 42.2 Å². The molecule has 1 saturated heterocycles. The standard InChI is InChI=1S/C23H28N2O2S/c1-4-13-25-15-20-14-23(20,16-25)19-7-9-21(10-8-19)24-28(26,27)22-11-5-18(6-12-22)17(2)3/h4-12,17,20,24H,1,13-16H2,2-3H3/t20-,23+/m0/s1. The predicted octanol–water partition coefficient (Wildman–Crippen LogP) is 4.37. The maximum atomic E-state index is 12.7. The van der Waals surface area contributed by atoms with Crippen LogP contribution in [0.15, 0.2) is 66.1 Å². The highest BCUT2D eigenvalue weighted by atomic mass is 32.2. The molecule has 0 aromatic heterocycles. The van der Waals surface area contributed by atoms with Crippen LogP contribution in [0.1, 0.15) is 37.3 Å². The Morgan fingerprint density at radius 3 is 2.46 bits per heavy atom. The Balaban J connectivity index is 1.47. The Labute approximate surface area is 168 Å². The number of sulfonamides is 1. The van der Waals surface area contributed by atoms with Gasteiger partial charge in [0, 0.05) is 30.7 Å². The zero-order valence-electron chi connectivity index (χ0n) is 16.6. The summed E-state index contributed by atoms with van der Waals surface area (Å²) in [5.41, 5.74) is 3.30. The molecular weight excluding hydrogens is 368 g/mol. The number of fused-ring (bicyclic) bond motifs is 1. The van der Waals surface area contributed by atoms with Gasteiger partial charge in [-0.3, -0.25) is 9.62 Å². The molecule has 2 aromatic carbocycles. The van der Waals surface area contributed by atoms with Gasteiger partial charge in [0.05, 0.1) is 4.90 Å². The molecule has 0 bridgehead atoms. The van der Waals surface area contributed by atoms with Gasteiger partial charge in [-0.2, -0.15) is 0 Å². The van der Waals surface area contributed by atoms with E-state index >= 15 is 0 Å². The maximum absolute atomic E-state index is 12.7. The topological polar surface area (TPSA) is 49.4 Å². The molecule has 0 radical (unpaired) electrons. The van der Waals surface area contributed by atoms with Crippen LogP contribution in [-0.4, -0.2) is 33.0 Å². The van der Waals surface area contributed by atoms with Crippen molar-refractivity contribution in [1.29, 1.82) is 0 Å². The minimum atomic E-state index is -3.58. The van der Waals surface area contributed by atoms with Gasteiger partial charge in [-0.05, 0) is 53.6 Å². The first-order valence-electron chi connectivity index (χ1n) is 9.91. The van der Waals surface area contributed by atoms with E-state index in [4.69, 9.17) is 0 Å². The van der Waals surface area contributed by atoms with E-state index in [0.29, 0.717) is 11.6 Å². The van der Waals surface area contributed by atoms with Crippen LogP contribution in [0.25, 0.3) is 0 Å². The second-order valence-electron chi connectivity index (χ2n) is 8.45. The van der Waals surface area contributed by atoms with Crippen molar-refractivity contribution in [2.75, 3.05) is 24.4 Å². The monoisotopic (exact) mass is 396 g/mol. The summed E-state index contributed by atoms with van der Waals surface area (Å²) in [4.78, 5) is 2.73. The lowest BCUT2D eigenvalue weighted by atomic mass is 9.95. The van der Waals surface area contributed by atoms with Crippen molar-refractivity contribution in [2.24, 2.45) is 5.92 Å². The molecule has 0 spiro atoms. The largest absolute Gasteiger partial charge is 0.298 e. The molecule has 4 rings (SSSR count). The minimum absolute atomic E-state index is 0.257. The first kappa shape index (κ1) is 19.2. The summed E-state index contributed by atoms with van der Waals surface area (Å²) in [5, 5.41) is 0. The Bertz CT molecular complexity index is 965. The van der Waals surface area contributed by atoms with Crippen LogP contribution >= 0.6 is 0 Å². The van der Waals surface area contributed by atoms with Crippen LogP contribution in [0.3, 0.4) is 0 Å². The van der Waals surface area contributed by atoms with Gasteiger partial charge in [0.15, 0.2) is 0 Å². The molecule has 2 aliphatic rings. The number of hydrogen-bond acceptors (Lipinski definition) is 3. The van der Waals surface area contributed by atoms with Crippen molar-refractivity contribution in [3.63, 3.8) is 0 Å². The van der Waals surface area contributed by atoms with E-state index in [0.717, 1.165) is 31.1 Å². The van der Waals surface area contributed by atoms with E-state index in [-0.39, 0.29) is 10.3 Å². The SMILES string of the molecule is C=CCN1C[C@@H]2C[C@]2(c2ccc(NS(=O)(=O)c3ccc(C(C)C)cc3)cc2)C1. The van der Waals surface area contributed by atoms with Crippen molar-refractivity contribution in [2.45, 2.75) is 36.5 Å². The zero-order chi connectivity index (χ0) is 19.9. The smallest absolute Gasteiger partial charge is 0.261 e. The van der Waals surface area contributed by atoms with Gasteiger partial charge in [0.1, 0.15) is 0 Å². The van der Waals surface area contributed by atoms with E-state index in [1.807, 2.05) is 30.3 Å². The van der Waals surface area contributed by atoms with Crippen molar-refractivity contribution in [1.82, 2.24) is 4.90 Å². The Morgan fingerprint density at radius 2 is 1.86 bits per heavy atom. The average Bonchev–Trinajstić information content (AvgIpc) is 3.24. The van der Waals surface area contributed by atoms with Crippen molar-refractivity contribution >= 4 is 15.7 Å². The zero-order valence-corrected chi connectivity index (χ0v) is 17.4. The summed E-state index contributed by atoms with van der Waals surface area (Å²) in [7, 11) is -3.58. The van der Waals surface area contributed by atoms with Gasteiger partial charge in [-0.25, -0.2) is 8.42 Å². The molecule has 1 heterocycles. The van der Waals surface area contributed by atoms with Crippen molar-refractivity contribution in [3.05, 3.63) is 72.3 Å². The molecule has 5 heteroatoms. The number of hydrogen-bond donors (Lipinski definition) is 1. The van der Waals surface area contributed by atoms with Crippen LogP contribution in [0.5, 0.6) is 0 Å². The van der Waals surface area contributed by atoms with Gasteiger partial charge in [0.25, 0.3) is 10.0 Å². The molecule has 1 saturated carbocycles. The van der Waals surface area contributed by atoms with Crippen LogP contribution < -0.4 is 4.72 Å². The highest BCUT2D eigenvalue weighted by Gasteiger charge is 2.60. The molecule has 2 atom stereocenters. The number of nitrogens with zero attached hydrogens (tertiary/aromatic N) is 1. The molecule has 1 N–H and O–H groups in total. The summed E-state index contributed by atoms with van der Waals surface area (Å²) in [5.74, 6) is 1.09. The molecule has 148 valence electrons. The van der Waals surface area contributed by atoms with Crippen LogP contribution in [0.4, 0.5) is 5.69 Å². The number of anilines is 1. The Hall–Kier alpha value is -2.11. The minimum Gasteiger partial charge on any atom is -0.298 e. The summed E-state index contributed by atoms with van der Waals surface area (Å²) in [6.45, 7) is 11.2. The molecule has 0 amide bonds. The lowest BCUT2D eigenvalue weighted by molar-refractivity contribution is 0.330. The first-order valence-corrected chi connectivity index (χ1v) is 11.4. The van der Waals surface area contributed by atoms with Crippen molar-refractivity contribution < 1.29 is 8.42 Å². The normalized spacial score (nSPS) is 24.2. The second-order valence-corrected chi connectivity index (χ2v) is 10.1. The van der Waals surface area contributed by atoms with E-state index < -0.39 is 10.0 Å². The van der Waals surface area contributed by atoms with Gasteiger partial charge < -0.3 is 0 Å². The van der Waals surface area contributed by atoms with Crippen molar-refractivity contribution in [3.8, 4) is 0 Å². The average molecular weight is 397 g/mol. The number of nitrogens with one attached hydrogen (secondary N) is 1. The first-order chi connectivity index (χ1) is 13.3. The molecule has 1 aliphatic carbocycles. The van der Waals surface area contributed by atoms with E-state index in [1.54, 1.807) is 12.1 Å². The summed E-state index contributed by atoms with van der Waals surface area (Å²) < 4.78 is 28.1. The third-order valence-electron chi connectivity index (χ3n) is 6.17. The fraction of sp³-hybridized carbons (Fsp3) is 0.391. The fourth-order valence-electron chi connectivity index (χ4n) is 4.47. The summed E-state index contributed by atoms with van der Waals surface area (Å²) >= 11 is 0. The quantitative estimate of drug-likeness (QED) is 0.707. The highest BCUT2D eigenvalue weighted by molar-refractivity contribution is 7.92. The van der Waals surface area contributed by atoms with Gasteiger partial charge in [-0.1, -0.05) is 44.2 Å². The lowest BCUT2D eigenvalue weighted by Crippen LogP contribution is -2.26. The molecule has 0 unspecified atom stereocenters. The third kappa shape index (κ3) is 3.49. The fourth-order valence-corrected chi connectivity index (χ4v) is 5.53. The highest BCUT2D eigenvalue weighted by Crippen LogP contribution is 2.59. The molecule has 4 nitrogen and oxygen atoms in total. The number of piperidine rings is 1. The van der Waals surface area contributed by atoms with Gasteiger partial charge in [-0.15, -0.1) is 6.58 Å². The second kappa shape index (κ2) is 7.05. The van der Waals surface area contributed by atoms with E-state index in [1.165, 1.54) is 12.0 Å². The molecule has 1 aliphatic heterocycles. The predicted molar refractivity (Wildman–Crippen MR) is 114 cm³/mol. The number of rotatable bonds is 7.